The summed E-state index contributed by atoms with van der Waals surface area (Å²) in [5.74, 6) is -0.153. The fraction of sp³-hybridized carbons (Fsp3) is 0. The molecule has 8 heavy (non-hydrogen) atoms. The summed E-state index contributed by atoms with van der Waals surface area (Å²) in [5, 5.41) is 17.3. The first-order valence-corrected chi connectivity index (χ1v) is 2.27. The topological polar surface area (TPSA) is 40.5 Å². The van der Waals surface area contributed by atoms with Crippen LogP contribution in [0.4, 0.5) is 0 Å². The molecule has 2 heteroatoms. The van der Waals surface area contributed by atoms with Gasteiger partial charge in [0, 0.05) is 0 Å². The maximum Gasteiger partial charge on any atom is 0.157 e. The molecule has 0 amide bonds. The maximum atomic E-state index is 8.67. The highest BCUT2D eigenvalue weighted by Crippen LogP contribution is 2.21. The van der Waals surface area contributed by atoms with Crippen LogP contribution in [0.2, 0.25) is 0 Å². The van der Waals surface area contributed by atoms with Crippen molar-refractivity contribution in [3.05, 3.63) is 24.3 Å². The van der Waals surface area contributed by atoms with Gasteiger partial charge in [-0.15, -0.1) is 0 Å². The normalized spacial score (nSPS) is 9.00. The van der Waals surface area contributed by atoms with E-state index >= 15 is 0 Å². The molecule has 1 aromatic carbocycles. The van der Waals surface area contributed by atoms with Gasteiger partial charge < -0.3 is 10.2 Å². The molecule has 1 rings (SSSR count). The molecule has 0 aliphatic heterocycles. The molecule has 1 aromatic rings. The zero-order valence-corrected chi connectivity index (χ0v) is 4.20. The van der Waals surface area contributed by atoms with Crippen LogP contribution in [-0.2, 0) is 0 Å². The standard InChI is InChI=1S/C6H6O2/c7-5-3-1-2-4-6(5)8/h1-4,7-8H/i5+1. The SMILES string of the molecule is Oc1cccc[13c]1O. The Bertz CT molecular complexity index is 163. The van der Waals surface area contributed by atoms with Crippen molar-refractivity contribution in [1.82, 2.24) is 0 Å². The molecule has 0 saturated heterocycles. The zero-order valence-electron chi connectivity index (χ0n) is 4.20. The average Bonchev–Trinajstić information content (AvgIpc) is 1.77. The smallest absolute Gasteiger partial charge is 0.157 e. The lowest BCUT2D eigenvalue weighted by Crippen LogP contribution is -1.63. The van der Waals surface area contributed by atoms with Gasteiger partial charge in [-0.1, -0.05) is 12.1 Å². The van der Waals surface area contributed by atoms with Crippen LogP contribution >= 0.6 is 0 Å². The second kappa shape index (κ2) is 1.74. The maximum absolute atomic E-state index is 8.67. The van der Waals surface area contributed by atoms with Gasteiger partial charge in [-0.25, -0.2) is 0 Å². The minimum Gasteiger partial charge on any atom is -0.504 e. The largest absolute Gasteiger partial charge is 0.504 e. The van der Waals surface area contributed by atoms with Crippen molar-refractivity contribution in [3.8, 4) is 11.5 Å². The Morgan fingerprint density at radius 2 is 1.25 bits per heavy atom. The molecule has 0 radical (unpaired) electrons. The van der Waals surface area contributed by atoms with Gasteiger partial charge in [-0.3, -0.25) is 0 Å². The summed E-state index contributed by atoms with van der Waals surface area (Å²) in [4.78, 5) is 0. The van der Waals surface area contributed by atoms with Crippen LogP contribution in [-0.4, -0.2) is 10.2 Å². The summed E-state index contributed by atoms with van der Waals surface area (Å²) in [6, 6.07) is 6.15. The molecular weight excluding hydrogens is 105 g/mol. The average molecular weight is 111 g/mol. The molecule has 0 bridgehead atoms. The van der Waals surface area contributed by atoms with Crippen LogP contribution in [0.3, 0.4) is 0 Å². The predicted octanol–water partition coefficient (Wildman–Crippen LogP) is 1.10. The van der Waals surface area contributed by atoms with Gasteiger partial charge in [0.05, 0.1) is 0 Å². The van der Waals surface area contributed by atoms with Crippen LogP contribution in [0.1, 0.15) is 0 Å². The second-order valence-corrected chi connectivity index (χ2v) is 1.49. The molecule has 0 saturated carbocycles. The Morgan fingerprint density at radius 3 is 1.50 bits per heavy atom. The van der Waals surface area contributed by atoms with Gasteiger partial charge in [0.2, 0.25) is 0 Å². The second-order valence-electron chi connectivity index (χ2n) is 1.49. The van der Waals surface area contributed by atoms with Gasteiger partial charge in [0.25, 0.3) is 0 Å². The first-order valence-electron chi connectivity index (χ1n) is 2.27. The zero-order chi connectivity index (χ0) is 5.98. The van der Waals surface area contributed by atoms with Crippen molar-refractivity contribution in [2.45, 2.75) is 0 Å². The minimum absolute atomic E-state index is 0.0764. The van der Waals surface area contributed by atoms with Crippen molar-refractivity contribution in [2.75, 3.05) is 0 Å². The van der Waals surface area contributed by atoms with Crippen molar-refractivity contribution in [3.63, 3.8) is 0 Å². The van der Waals surface area contributed by atoms with Crippen molar-refractivity contribution < 1.29 is 10.2 Å². The summed E-state index contributed by atoms with van der Waals surface area (Å²) in [5.41, 5.74) is 0. The third kappa shape index (κ3) is 0.729. The monoisotopic (exact) mass is 111 g/mol. The number of hydrogen-bond donors (Lipinski definition) is 2. The van der Waals surface area contributed by atoms with Gasteiger partial charge >= 0.3 is 0 Å². The molecule has 42 valence electrons. The third-order valence-electron chi connectivity index (χ3n) is 0.882. The number of rotatable bonds is 0. The summed E-state index contributed by atoms with van der Waals surface area (Å²) in [6.45, 7) is 0. The van der Waals surface area contributed by atoms with E-state index in [4.69, 9.17) is 10.2 Å². The lowest BCUT2D eigenvalue weighted by molar-refractivity contribution is 0.404. The molecule has 0 aromatic heterocycles. The quantitative estimate of drug-likeness (QED) is 0.492. The molecule has 0 spiro atoms. The summed E-state index contributed by atoms with van der Waals surface area (Å²) < 4.78 is 0. The number of hydrogen-bond acceptors (Lipinski definition) is 2. The predicted molar refractivity (Wildman–Crippen MR) is 29.8 cm³/mol. The molecule has 2 nitrogen and oxygen atoms in total. The molecule has 0 heterocycles. The van der Waals surface area contributed by atoms with Gasteiger partial charge in [-0.05, 0) is 12.1 Å². The lowest BCUT2D eigenvalue weighted by Gasteiger charge is -1.91. The Morgan fingerprint density at radius 1 is 0.875 bits per heavy atom. The molecular formula is C6H6O2. The molecule has 0 aliphatic carbocycles. The fourth-order valence-electron chi connectivity index (χ4n) is 0.464. The number of aromatic hydroxyl groups is 2. The van der Waals surface area contributed by atoms with E-state index < -0.39 is 0 Å². The van der Waals surface area contributed by atoms with E-state index in [-0.39, 0.29) is 11.5 Å². The summed E-state index contributed by atoms with van der Waals surface area (Å²) in [6.07, 6.45) is 0. The molecule has 0 fully saturated rings. The molecule has 0 unspecified atom stereocenters. The molecule has 0 aliphatic rings. The van der Waals surface area contributed by atoms with Crippen LogP contribution in [0.5, 0.6) is 11.5 Å². The first-order chi connectivity index (χ1) is 3.80. The van der Waals surface area contributed by atoms with E-state index in [2.05, 4.69) is 0 Å². The Labute approximate surface area is 47.0 Å². The first kappa shape index (κ1) is 4.97. The van der Waals surface area contributed by atoms with Crippen molar-refractivity contribution >= 4 is 0 Å². The van der Waals surface area contributed by atoms with Gasteiger partial charge in [-0.2, -0.15) is 0 Å². The van der Waals surface area contributed by atoms with E-state index in [1.165, 1.54) is 12.1 Å². The highest BCUT2D eigenvalue weighted by molar-refractivity contribution is 5.36. The highest BCUT2D eigenvalue weighted by atomic mass is 16.4. The minimum atomic E-state index is -0.0764. The van der Waals surface area contributed by atoms with E-state index in [9.17, 15) is 0 Å². The van der Waals surface area contributed by atoms with E-state index in [0.717, 1.165) is 0 Å². The number of phenols is 2. The third-order valence-corrected chi connectivity index (χ3v) is 0.882. The molecule has 2 N–H and O–H groups in total. The number of para-hydroxylation sites is 2. The van der Waals surface area contributed by atoms with Gasteiger partial charge in [0.15, 0.2) is 11.5 Å². The summed E-state index contributed by atoms with van der Waals surface area (Å²) >= 11 is 0. The van der Waals surface area contributed by atoms with Crippen LogP contribution in [0.15, 0.2) is 24.3 Å². The van der Waals surface area contributed by atoms with E-state index in [0.29, 0.717) is 0 Å². The van der Waals surface area contributed by atoms with Crippen molar-refractivity contribution in [2.24, 2.45) is 0 Å². The Kier molecular flexibility index (Phi) is 1.08. The van der Waals surface area contributed by atoms with Crippen LogP contribution in [0, 0.1) is 0 Å². The van der Waals surface area contributed by atoms with Crippen LogP contribution in [0.25, 0.3) is 0 Å². The number of phenolic OH excluding ortho intramolecular Hbond substituents is 2. The molecule has 0 atom stereocenters. The van der Waals surface area contributed by atoms with Gasteiger partial charge in [0.1, 0.15) is 0 Å². The Balaban J connectivity index is 3.13. The highest BCUT2D eigenvalue weighted by Gasteiger charge is 1.90. The fourth-order valence-corrected chi connectivity index (χ4v) is 0.464. The number of benzene rings is 1. The van der Waals surface area contributed by atoms with E-state index in [1.54, 1.807) is 12.1 Å². The summed E-state index contributed by atoms with van der Waals surface area (Å²) in [7, 11) is 0. The Hall–Kier alpha value is -1.18. The van der Waals surface area contributed by atoms with Crippen molar-refractivity contribution in [1.29, 1.82) is 0 Å². The van der Waals surface area contributed by atoms with E-state index in [1.807, 2.05) is 0 Å². The lowest BCUT2D eigenvalue weighted by atomic mass is 10.4. The van der Waals surface area contributed by atoms with Crippen LogP contribution < -0.4 is 0 Å².